The van der Waals surface area contributed by atoms with Crippen molar-refractivity contribution in [2.24, 2.45) is 0 Å². The Morgan fingerprint density at radius 1 is 0.971 bits per heavy atom. The second-order valence-electron chi connectivity index (χ2n) is 8.67. The quantitative estimate of drug-likeness (QED) is 0.318. The lowest BCUT2D eigenvalue weighted by Crippen LogP contribution is -2.59. The predicted octanol–water partition coefficient (Wildman–Crippen LogP) is 6.26. The Morgan fingerprint density at radius 2 is 1.59 bits per heavy atom. The number of carbonyl (C=O) groups is 2. The molecular formula is C28H28N2O3S. The molecule has 4 aromatic rings. The van der Waals surface area contributed by atoms with E-state index in [0.29, 0.717) is 0 Å². The van der Waals surface area contributed by atoms with E-state index in [2.05, 4.69) is 5.32 Å². The molecule has 0 bridgehead atoms. The molecule has 0 radical (unpaired) electrons. The highest BCUT2D eigenvalue weighted by atomic mass is 32.1. The number of hydrogen-bond acceptors (Lipinski definition) is 3. The third-order valence-electron chi connectivity index (χ3n) is 6.24. The molecule has 2 N–H and O–H groups in total. The molecule has 0 fully saturated rings. The van der Waals surface area contributed by atoms with Crippen LogP contribution >= 0.6 is 11.3 Å². The molecule has 0 saturated carbocycles. The monoisotopic (exact) mass is 472 g/mol. The van der Waals surface area contributed by atoms with Crippen LogP contribution < -0.4 is 5.32 Å². The second-order valence-corrected chi connectivity index (χ2v) is 9.58. The molecule has 0 saturated heterocycles. The Bertz CT molecular complexity index is 1270. The maximum absolute atomic E-state index is 13.8. The number of nitrogens with zero attached hydrogens (tertiary/aromatic N) is 1. The third kappa shape index (κ3) is 4.97. The van der Waals surface area contributed by atoms with Gasteiger partial charge in [-0.1, -0.05) is 78.9 Å². The number of carbonyl (C=O) groups excluding carboxylic acids is 1. The first-order valence-corrected chi connectivity index (χ1v) is 12.1. The average molecular weight is 473 g/mol. The SMILES string of the molecule is CC(NC(=O)C(C)(Cc1csc2ccccc12)N(Cc1ccccc1)C(=O)O)c1ccccc1. The van der Waals surface area contributed by atoms with Gasteiger partial charge in [0.15, 0.2) is 0 Å². The minimum atomic E-state index is -1.32. The number of nitrogens with one attached hydrogen (secondary N) is 1. The highest BCUT2D eigenvalue weighted by Gasteiger charge is 2.43. The summed E-state index contributed by atoms with van der Waals surface area (Å²) in [6, 6.07) is 26.8. The summed E-state index contributed by atoms with van der Waals surface area (Å²) in [6.07, 6.45) is -0.864. The fourth-order valence-corrected chi connectivity index (χ4v) is 5.20. The molecule has 0 aliphatic carbocycles. The topological polar surface area (TPSA) is 69.6 Å². The largest absolute Gasteiger partial charge is 0.465 e. The first kappa shape index (κ1) is 23.5. The molecular weight excluding hydrogens is 444 g/mol. The summed E-state index contributed by atoms with van der Waals surface area (Å²) >= 11 is 1.60. The van der Waals surface area contributed by atoms with Crippen LogP contribution in [0.5, 0.6) is 0 Å². The van der Waals surface area contributed by atoms with Crippen LogP contribution in [0.25, 0.3) is 10.1 Å². The van der Waals surface area contributed by atoms with Gasteiger partial charge in [0.1, 0.15) is 5.54 Å². The number of benzene rings is 3. The molecule has 6 heteroatoms. The summed E-state index contributed by atoms with van der Waals surface area (Å²) < 4.78 is 1.11. The fraction of sp³-hybridized carbons (Fsp3) is 0.214. The van der Waals surface area contributed by atoms with Gasteiger partial charge < -0.3 is 10.4 Å². The van der Waals surface area contributed by atoms with Gasteiger partial charge in [0.25, 0.3) is 0 Å². The van der Waals surface area contributed by atoms with Crippen molar-refractivity contribution in [1.82, 2.24) is 10.2 Å². The summed E-state index contributed by atoms with van der Waals surface area (Å²) in [5.74, 6) is -0.322. The van der Waals surface area contributed by atoms with Crippen molar-refractivity contribution in [3.63, 3.8) is 0 Å². The Kier molecular flexibility index (Phi) is 6.98. The molecule has 0 aliphatic heterocycles. The van der Waals surface area contributed by atoms with Gasteiger partial charge in [0, 0.05) is 11.1 Å². The Morgan fingerprint density at radius 3 is 2.26 bits per heavy atom. The van der Waals surface area contributed by atoms with Gasteiger partial charge in [0.05, 0.1) is 12.6 Å². The van der Waals surface area contributed by atoms with Crippen molar-refractivity contribution in [2.45, 2.75) is 38.4 Å². The van der Waals surface area contributed by atoms with Crippen LogP contribution in [0.4, 0.5) is 4.79 Å². The first-order valence-electron chi connectivity index (χ1n) is 11.2. The van der Waals surface area contributed by atoms with Crippen LogP contribution in [0.1, 0.15) is 36.6 Å². The van der Waals surface area contributed by atoms with Crippen LogP contribution in [0.2, 0.25) is 0 Å². The van der Waals surface area contributed by atoms with E-state index in [4.69, 9.17) is 0 Å². The van der Waals surface area contributed by atoms with Gasteiger partial charge in [-0.25, -0.2) is 4.79 Å². The summed E-state index contributed by atoms with van der Waals surface area (Å²) in [4.78, 5) is 27.7. The van der Waals surface area contributed by atoms with E-state index in [1.54, 1.807) is 18.3 Å². The summed E-state index contributed by atoms with van der Waals surface area (Å²) in [5, 5.41) is 16.4. The normalized spacial score (nSPS) is 13.7. The Labute approximate surface area is 203 Å². The number of thiophene rings is 1. The lowest BCUT2D eigenvalue weighted by Gasteiger charge is -2.39. The lowest BCUT2D eigenvalue weighted by atomic mass is 9.88. The average Bonchev–Trinajstić information content (AvgIpc) is 3.26. The van der Waals surface area contributed by atoms with E-state index in [0.717, 1.165) is 26.8 Å². The number of fused-ring (bicyclic) bond motifs is 1. The van der Waals surface area contributed by atoms with E-state index in [1.165, 1.54) is 4.90 Å². The van der Waals surface area contributed by atoms with Gasteiger partial charge in [-0.05, 0) is 47.4 Å². The Hall–Kier alpha value is -3.64. The zero-order valence-electron chi connectivity index (χ0n) is 19.3. The van der Waals surface area contributed by atoms with E-state index in [-0.39, 0.29) is 24.9 Å². The van der Waals surface area contributed by atoms with Crippen LogP contribution in [0.3, 0.4) is 0 Å². The molecule has 1 aromatic heterocycles. The molecule has 174 valence electrons. The molecule has 2 amide bonds. The third-order valence-corrected chi connectivity index (χ3v) is 7.25. The van der Waals surface area contributed by atoms with E-state index in [9.17, 15) is 14.7 Å². The van der Waals surface area contributed by atoms with Crippen molar-refractivity contribution >= 4 is 33.4 Å². The fourth-order valence-electron chi connectivity index (χ4n) is 4.24. The van der Waals surface area contributed by atoms with Crippen molar-refractivity contribution in [1.29, 1.82) is 0 Å². The summed E-state index contributed by atoms with van der Waals surface area (Å²) in [6.45, 7) is 3.75. The van der Waals surface area contributed by atoms with Crippen molar-refractivity contribution in [2.75, 3.05) is 0 Å². The van der Waals surface area contributed by atoms with Crippen molar-refractivity contribution in [3.8, 4) is 0 Å². The molecule has 2 unspecified atom stereocenters. The van der Waals surface area contributed by atoms with E-state index >= 15 is 0 Å². The predicted molar refractivity (Wildman–Crippen MR) is 137 cm³/mol. The van der Waals surface area contributed by atoms with E-state index < -0.39 is 11.6 Å². The highest BCUT2D eigenvalue weighted by Crippen LogP contribution is 2.32. The number of hydrogen-bond donors (Lipinski definition) is 2. The molecule has 3 aromatic carbocycles. The van der Waals surface area contributed by atoms with Crippen LogP contribution in [-0.2, 0) is 17.8 Å². The standard InChI is InChI=1S/C28H28N2O3S/c1-20(22-13-7-4-8-14-22)29-26(31)28(2,17-23-19-34-25-16-10-9-15-24(23)25)30(27(32)33)18-21-11-5-3-6-12-21/h3-16,19-20H,17-18H2,1-2H3,(H,29,31)(H,32,33). The summed E-state index contributed by atoms with van der Waals surface area (Å²) in [5.41, 5.74) is 1.43. The van der Waals surface area contributed by atoms with Crippen molar-refractivity contribution in [3.05, 3.63) is 107 Å². The minimum absolute atomic E-state index is 0.113. The zero-order valence-corrected chi connectivity index (χ0v) is 20.1. The minimum Gasteiger partial charge on any atom is -0.465 e. The molecule has 1 heterocycles. The van der Waals surface area contributed by atoms with Gasteiger partial charge in [-0.2, -0.15) is 0 Å². The van der Waals surface area contributed by atoms with Gasteiger partial charge >= 0.3 is 6.09 Å². The summed E-state index contributed by atoms with van der Waals surface area (Å²) in [7, 11) is 0. The van der Waals surface area contributed by atoms with E-state index in [1.807, 2.05) is 97.2 Å². The van der Waals surface area contributed by atoms with Gasteiger partial charge in [-0.15, -0.1) is 11.3 Å². The first-order chi connectivity index (χ1) is 16.4. The number of rotatable bonds is 8. The maximum Gasteiger partial charge on any atom is 0.408 e. The lowest BCUT2D eigenvalue weighted by molar-refractivity contribution is -0.132. The zero-order chi connectivity index (χ0) is 24.1. The second kappa shape index (κ2) is 10.1. The Balaban J connectivity index is 1.72. The van der Waals surface area contributed by atoms with Gasteiger partial charge in [-0.3, -0.25) is 9.69 Å². The number of carboxylic acid groups (broad SMARTS) is 1. The number of amides is 2. The van der Waals surface area contributed by atoms with Crippen LogP contribution in [-0.4, -0.2) is 27.5 Å². The smallest absolute Gasteiger partial charge is 0.408 e. The highest BCUT2D eigenvalue weighted by molar-refractivity contribution is 7.17. The van der Waals surface area contributed by atoms with Crippen molar-refractivity contribution < 1.29 is 14.7 Å². The molecule has 5 nitrogen and oxygen atoms in total. The maximum atomic E-state index is 13.8. The van der Waals surface area contributed by atoms with Crippen LogP contribution in [0.15, 0.2) is 90.3 Å². The molecule has 2 atom stereocenters. The van der Waals surface area contributed by atoms with Crippen LogP contribution in [0, 0.1) is 0 Å². The molecule has 34 heavy (non-hydrogen) atoms. The van der Waals surface area contributed by atoms with Gasteiger partial charge in [0.2, 0.25) is 5.91 Å². The molecule has 4 rings (SSSR count). The molecule has 0 spiro atoms. The molecule has 0 aliphatic rings.